The van der Waals surface area contributed by atoms with Gasteiger partial charge in [0.2, 0.25) is 0 Å². The van der Waals surface area contributed by atoms with Gasteiger partial charge < -0.3 is 9.84 Å². The van der Waals surface area contributed by atoms with Crippen molar-refractivity contribution in [1.29, 1.82) is 0 Å². The Morgan fingerprint density at radius 3 is 2.67 bits per heavy atom. The van der Waals surface area contributed by atoms with Gasteiger partial charge in [0.25, 0.3) is 0 Å². The largest absolute Gasteiger partial charge is 0.393 e. The fourth-order valence-electron chi connectivity index (χ4n) is 2.55. The van der Waals surface area contributed by atoms with Gasteiger partial charge >= 0.3 is 0 Å². The lowest BCUT2D eigenvalue weighted by atomic mass is 9.72. The molecule has 1 saturated carbocycles. The molecule has 0 aromatic carbocycles. The monoisotopic (exact) mass is 170 g/mol. The number of aliphatic hydroxyl groups is 1. The number of rotatable bonds is 1. The van der Waals surface area contributed by atoms with E-state index in [2.05, 4.69) is 13.8 Å². The molecule has 2 nitrogen and oxygen atoms in total. The van der Waals surface area contributed by atoms with E-state index < -0.39 is 0 Å². The smallest absolute Gasteiger partial charge is 0.0948 e. The van der Waals surface area contributed by atoms with Gasteiger partial charge in [0, 0.05) is 0 Å². The maximum absolute atomic E-state index is 9.53. The van der Waals surface area contributed by atoms with E-state index in [9.17, 15) is 5.11 Å². The Labute approximate surface area is 73.9 Å². The lowest BCUT2D eigenvalue weighted by Crippen LogP contribution is -2.37. The third-order valence-corrected chi connectivity index (χ3v) is 3.42. The van der Waals surface area contributed by atoms with Gasteiger partial charge in [-0.3, -0.25) is 0 Å². The zero-order chi connectivity index (χ0) is 8.77. The molecular weight excluding hydrogens is 152 g/mol. The molecule has 12 heavy (non-hydrogen) atoms. The van der Waals surface area contributed by atoms with Crippen LogP contribution >= 0.6 is 0 Å². The van der Waals surface area contributed by atoms with Crippen LogP contribution in [0.4, 0.5) is 0 Å². The van der Waals surface area contributed by atoms with E-state index in [4.69, 9.17) is 4.74 Å². The Kier molecular flexibility index (Phi) is 1.92. The van der Waals surface area contributed by atoms with Crippen molar-refractivity contribution in [3.63, 3.8) is 0 Å². The standard InChI is InChI=1S/C10H18O2/c1-7(2)9-5-8(11)3-4-10(9)6-12-10/h7-9,11H,3-6H2,1-2H3. The lowest BCUT2D eigenvalue weighted by Gasteiger charge is -2.34. The van der Waals surface area contributed by atoms with E-state index >= 15 is 0 Å². The molecule has 1 saturated heterocycles. The van der Waals surface area contributed by atoms with Crippen LogP contribution in [0.15, 0.2) is 0 Å². The van der Waals surface area contributed by atoms with Crippen molar-refractivity contribution in [2.45, 2.75) is 44.8 Å². The third-order valence-electron chi connectivity index (χ3n) is 3.42. The molecule has 2 rings (SSSR count). The Balaban J connectivity index is 2.06. The van der Waals surface area contributed by atoms with Gasteiger partial charge in [-0.2, -0.15) is 0 Å². The maximum Gasteiger partial charge on any atom is 0.0948 e. The number of hydrogen-bond donors (Lipinski definition) is 1. The van der Waals surface area contributed by atoms with Gasteiger partial charge in [0.1, 0.15) is 0 Å². The second kappa shape index (κ2) is 2.71. The van der Waals surface area contributed by atoms with Crippen molar-refractivity contribution >= 4 is 0 Å². The highest BCUT2D eigenvalue weighted by atomic mass is 16.6. The van der Waals surface area contributed by atoms with Gasteiger partial charge in [-0.05, 0) is 31.1 Å². The second-order valence-electron chi connectivity index (χ2n) is 4.63. The van der Waals surface area contributed by atoms with Gasteiger partial charge in [-0.1, -0.05) is 13.8 Å². The van der Waals surface area contributed by atoms with Gasteiger partial charge in [0.15, 0.2) is 0 Å². The van der Waals surface area contributed by atoms with Crippen molar-refractivity contribution in [3.05, 3.63) is 0 Å². The van der Waals surface area contributed by atoms with E-state index in [1.807, 2.05) is 0 Å². The summed E-state index contributed by atoms with van der Waals surface area (Å²) in [7, 11) is 0. The Morgan fingerprint density at radius 2 is 2.17 bits per heavy atom. The molecule has 1 N–H and O–H groups in total. The second-order valence-corrected chi connectivity index (χ2v) is 4.63. The highest BCUT2D eigenvalue weighted by molar-refractivity contribution is 5.03. The van der Waals surface area contributed by atoms with Crippen LogP contribution in [0.2, 0.25) is 0 Å². The SMILES string of the molecule is CC(C)C1CC(O)CCC12CO2. The van der Waals surface area contributed by atoms with Crippen molar-refractivity contribution in [2.75, 3.05) is 6.61 Å². The summed E-state index contributed by atoms with van der Waals surface area (Å²) in [6.07, 6.45) is 2.87. The zero-order valence-electron chi connectivity index (χ0n) is 7.92. The molecule has 2 aliphatic rings. The third kappa shape index (κ3) is 1.27. The predicted octanol–water partition coefficient (Wildman–Crippen LogP) is 1.57. The molecule has 0 aromatic heterocycles. The molecule has 1 aliphatic carbocycles. The van der Waals surface area contributed by atoms with Gasteiger partial charge in [-0.25, -0.2) is 0 Å². The molecule has 3 atom stereocenters. The fraction of sp³-hybridized carbons (Fsp3) is 1.00. The van der Waals surface area contributed by atoms with Crippen LogP contribution < -0.4 is 0 Å². The van der Waals surface area contributed by atoms with E-state index in [0.29, 0.717) is 11.8 Å². The number of hydrogen-bond acceptors (Lipinski definition) is 2. The first-order valence-electron chi connectivity index (χ1n) is 4.96. The molecule has 1 spiro atoms. The van der Waals surface area contributed by atoms with Crippen LogP contribution in [0.1, 0.15) is 33.1 Å². The molecule has 1 aliphatic heterocycles. The number of ether oxygens (including phenoxy) is 1. The average molecular weight is 170 g/mol. The molecule has 0 radical (unpaired) electrons. The zero-order valence-corrected chi connectivity index (χ0v) is 7.92. The summed E-state index contributed by atoms with van der Waals surface area (Å²) < 4.78 is 5.55. The molecule has 3 unspecified atom stereocenters. The Hall–Kier alpha value is -0.0800. The topological polar surface area (TPSA) is 32.8 Å². The van der Waals surface area contributed by atoms with Crippen molar-refractivity contribution in [3.8, 4) is 0 Å². The van der Waals surface area contributed by atoms with Crippen LogP contribution in [0.5, 0.6) is 0 Å². The van der Waals surface area contributed by atoms with Crippen molar-refractivity contribution in [1.82, 2.24) is 0 Å². The molecule has 2 fully saturated rings. The molecular formula is C10H18O2. The minimum atomic E-state index is -0.0766. The fourth-order valence-corrected chi connectivity index (χ4v) is 2.55. The molecule has 0 amide bonds. The molecule has 70 valence electrons. The van der Waals surface area contributed by atoms with Crippen LogP contribution in [-0.2, 0) is 4.74 Å². The van der Waals surface area contributed by atoms with E-state index in [1.54, 1.807) is 0 Å². The summed E-state index contributed by atoms with van der Waals surface area (Å²) >= 11 is 0. The minimum Gasteiger partial charge on any atom is -0.393 e. The summed E-state index contributed by atoms with van der Waals surface area (Å²) in [4.78, 5) is 0. The van der Waals surface area contributed by atoms with E-state index in [1.165, 1.54) is 0 Å². The highest BCUT2D eigenvalue weighted by Gasteiger charge is 2.54. The summed E-state index contributed by atoms with van der Waals surface area (Å²) in [5, 5.41) is 9.53. The molecule has 0 aromatic rings. The minimum absolute atomic E-state index is 0.0766. The molecule has 1 heterocycles. The van der Waals surface area contributed by atoms with Gasteiger partial charge in [0.05, 0.1) is 18.3 Å². The molecule has 0 bridgehead atoms. The van der Waals surface area contributed by atoms with E-state index in [-0.39, 0.29) is 11.7 Å². The normalized spacial score (nSPS) is 47.0. The number of aliphatic hydroxyl groups excluding tert-OH is 1. The van der Waals surface area contributed by atoms with E-state index in [0.717, 1.165) is 25.9 Å². The van der Waals surface area contributed by atoms with Crippen molar-refractivity contribution in [2.24, 2.45) is 11.8 Å². The predicted molar refractivity (Wildman–Crippen MR) is 46.9 cm³/mol. The molecule has 2 heteroatoms. The quantitative estimate of drug-likeness (QED) is 0.606. The summed E-state index contributed by atoms with van der Waals surface area (Å²) in [6.45, 7) is 5.39. The van der Waals surface area contributed by atoms with Crippen LogP contribution in [0, 0.1) is 11.8 Å². The first-order valence-corrected chi connectivity index (χ1v) is 4.96. The van der Waals surface area contributed by atoms with Crippen LogP contribution in [0.3, 0.4) is 0 Å². The van der Waals surface area contributed by atoms with Crippen molar-refractivity contribution < 1.29 is 9.84 Å². The van der Waals surface area contributed by atoms with Crippen LogP contribution in [0.25, 0.3) is 0 Å². The summed E-state index contributed by atoms with van der Waals surface area (Å²) in [5.74, 6) is 1.23. The first-order chi connectivity index (χ1) is 5.64. The van der Waals surface area contributed by atoms with Crippen LogP contribution in [-0.4, -0.2) is 23.4 Å². The Bertz CT molecular complexity index is 173. The lowest BCUT2D eigenvalue weighted by molar-refractivity contribution is 0.0293. The first kappa shape index (κ1) is 8.52. The maximum atomic E-state index is 9.53. The van der Waals surface area contributed by atoms with Gasteiger partial charge in [-0.15, -0.1) is 0 Å². The summed E-state index contributed by atoms with van der Waals surface area (Å²) in [5.41, 5.74) is 0.188. The Morgan fingerprint density at radius 1 is 1.50 bits per heavy atom. The number of epoxide rings is 1. The highest BCUT2D eigenvalue weighted by Crippen LogP contribution is 2.48. The average Bonchev–Trinajstić information content (AvgIpc) is 2.76. The summed E-state index contributed by atoms with van der Waals surface area (Å²) in [6, 6.07) is 0.